The highest BCUT2D eigenvalue weighted by atomic mass is 19.4. The fourth-order valence-corrected chi connectivity index (χ4v) is 1.45. The molecule has 0 saturated carbocycles. The van der Waals surface area contributed by atoms with Gasteiger partial charge in [0.15, 0.2) is 0 Å². The number of halogens is 3. The highest BCUT2D eigenvalue weighted by molar-refractivity contribution is 5.37. The van der Waals surface area contributed by atoms with Gasteiger partial charge in [-0.1, -0.05) is 6.07 Å². The second-order valence-electron chi connectivity index (χ2n) is 3.73. The molecule has 0 spiro atoms. The van der Waals surface area contributed by atoms with Crippen molar-refractivity contribution in [3.63, 3.8) is 0 Å². The lowest BCUT2D eigenvalue weighted by molar-refractivity contribution is -0.141. The molecule has 96 valence electrons. The van der Waals surface area contributed by atoms with Gasteiger partial charge >= 0.3 is 6.18 Å². The van der Waals surface area contributed by atoms with Crippen molar-refractivity contribution in [1.82, 2.24) is 14.8 Å². The summed E-state index contributed by atoms with van der Waals surface area (Å²) in [6.07, 6.45) is 0.211. The highest BCUT2D eigenvalue weighted by Gasteiger charge is 2.31. The number of pyridine rings is 1. The summed E-state index contributed by atoms with van der Waals surface area (Å²) in [4.78, 5) is 3.39. The molecule has 0 radical (unpaired) electrons. The first-order chi connectivity index (χ1) is 8.49. The van der Waals surface area contributed by atoms with Gasteiger partial charge in [-0.05, 0) is 11.6 Å². The van der Waals surface area contributed by atoms with Gasteiger partial charge in [-0.25, -0.2) is 0 Å². The van der Waals surface area contributed by atoms with E-state index in [4.69, 9.17) is 0 Å². The van der Waals surface area contributed by atoms with Crippen LogP contribution >= 0.6 is 0 Å². The Hall–Kier alpha value is -2.05. The third kappa shape index (κ3) is 2.79. The van der Waals surface area contributed by atoms with Crippen LogP contribution in [0.15, 0.2) is 30.7 Å². The number of aromatic nitrogens is 3. The van der Waals surface area contributed by atoms with Crippen LogP contribution in [-0.2, 0) is 12.7 Å². The van der Waals surface area contributed by atoms with Crippen molar-refractivity contribution >= 4 is 5.69 Å². The molecule has 4 nitrogen and oxygen atoms in total. The van der Waals surface area contributed by atoms with Crippen LogP contribution in [0.5, 0.6) is 0 Å². The minimum atomic E-state index is -4.40. The summed E-state index contributed by atoms with van der Waals surface area (Å²) < 4.78 is 38.5. The van der Waals surface area contributed by atoms with Crippen LogP contribution in [0.3, 0.4) is 0 Å². The van der Waals surface area contributed by atoms with Crippen LogP contribution in [-0.4, -0.2) is 21.8 Å². The third-order valence-corrected chi connectivity index (χ3v) is 2.38. The van der Waals surface area contributed by atoms with Crippen LogP contribution in [0, 0.1) is 0 Å². The van der Waals surface area contributed by atoms with E-state index in [0.29, 0.717) is 12.1 Å². The van der Waals surface area contributed by atoms with Gasteiger partial charge in [-0.2, -0.15) is 18.3 Å². The smallest absolute Gasteiger partial charge is 0.386 e. The van der Waals surface area contributed by atoms with Crippen LogP contribution in [0.2, 0.25) is 0 Å². The zero-order valence-corrected chi connectivity index (χ0v) is 9.57. The second kappa shape index (κ2) is 4.67. The molecule has 0 aliphatic carbocycles. The number of alkyl halides is 3. The van der Waals surface area contributed by atoms with E-state index in [1.54, 1.807) is 24.1 Å². The van der Waals surface area contributed by atoms with Gasteiger partial charge in [0.05, 0.1) is 18.4 Å². The number of rotatable bonds is 3. The monoisotopic (exact) mass is 256 g/mol. The normalized spacial score (nSPS) is 11.6. The SMILES string of the molecule is CNc1cnn(Cc2ccc(C(F)(F)F)nc2)c1. The van der Waals surface area contributed by atoms with Gasteiger partial charge in [-0.3, -0.25) is 9.67 Å². The van der Waals surface area contributed by atoms with E-state index < -0.39 is 11.9 Å². The Morgan fingerprint density at radius 1 is 1.28 bits per heavy atom. The zero-order valence-electron chi connectivity index (χ0n) is 9.57. The van der Waals surface area contributed by atoms with Gasteiger partial charge in [0, 0.05) is 19.4 Å². The molecule has 7 heteroatoms. The maximum Gasteiger partial charge on any atom is 0.433 e. The van der Waals surface area contributed by atoms with Gasteiger partial charge in [0.1, 0.15) is 5.69 Å². The van der Waals surface area contributed by atoms with Crippen LogP contribution < -0.4 is 5.32 Å². The highest BCUT2D eigenvalue weighted by Crippen LogP contribution is 2.27. The molecule has 0 aliphatic heterocycles. The lowest BCUT2D eigenvalue weighted by atomic mass is 10.2. The van der Waals surface area contributed by atoms with Crippen molar-refractivity contribution < 1.29 is 13.2 Å². The predicted molar refractivity (Wildman–Crippen MR) is 60.1 cm³/mol. The molecule has 2 rings (SSSR count). The molecular weight excluding hydrogens is 245 g/mol. The molecule has 2 aromatic rings. The Labute approximate surface area is 101 Å². The number of anilines is 1. The van der Waals surface area contributed by atoms with E-state index >= 15 is 0 Å². The number of hydrogen-bond acceptors (Lipinski definition) is 3. The fraction of sp³-hybridized carbons (Fsp3) is 0.273. The maximum absolute atomic E-state index is 12.3. The van der Waals surface area contributed by atoms with Crippen molar-refractivity contribution in [1.29, 1.82) is 0 Å². The van der Waals surface area contributed by atoms with Crippen molar-refractivity contribution in [2.45, 2.75) is 12.7 Å². The molecule has 18 heavy (non-hydrogen) atoms. The molecule has 0 unspecified atom stereocenters. The summed E-state index contributed by atoms with van der Waals surface area (Å²) in [6.45, 7) is 0.382. The Morgan fingerprint density at radius 2 is 2.06 bits per heavy atom. The van der Waals surface area contributed by atoms with E-state index in [1.807, 2.05) is 0 Å². The number of nitrogens with one attached hydrogen (secondary N) is 1. The number of hydrogen-bond donors (Lipinski definition) is 1. The van der Waals surface area contributed by atoms with Crippen LogP contribution in [0.25, 0.3) is 0 Å². The summed E-state index contributed by atoms with van der Waals surface area (Å²) in [5.74, 6) is 0. The standard InChI is InChI=1S/C11H11F3N4/c1-15-9-5-17-18(7-9)6-8-2-3-10(16-4-8)11(12,13)14/h2-5,7,15H,6H2,1H3. The molecule has 0 bridgehead atoms. The lowest BCUT2D eigenvalue weighted by Gasteiger charge is -2.06. The van der Waals surface area contributed by atoms with Crippen molar-refractivity contribution in [2.24, 2.45) is 0 Å². The minimum Gasteiger partial charge on any atom is -0.386 e. The van der Waals surface area contributed by atoms with Crippen LogP contribution in [0.1, 0.15) is 11.3 Å². The Balaban J connectivity index is 2.11. The van der Waals surface area contributed by atoms with E-state index in [-0.39, 0.29) is 0 Å². The third-order valence-electron chi connectivity index (χ3n) is 2.38. The van der Waals surface area contributed by atoms with E-state index in [9.17, 15) is 13.2 Å². The van der Waals surface area contributed by atoms with Crippen molar-refractivity contribution in [2.75, 3.05) is 12.4 Å². The molecule has 0 fully saturated rings. The maximum atomic E-state index is 12.3. The predicted octanol–water partition coefficient (Wildman–Crippen LogP) is 2.39. The molecule has 2 heterocycles. The first-order valence-corrected chi connectivity index (χ1v) is 5.21. The molecule has 0 saturated heterocycles. The van der Waals surface area contributed by atoms with Crippen molar-refractivity contribution in [3.8, 4) is 0 Å². The summed E-state index contributed by atoms with van der Waals surface area (Å²) in [6, 6.07) is 2.37. The summed E-state index contributed by atoms with van der Waals surface area (Å²) in [5, 5.41) is 6.97. The van der Waals surface area contributed by atoms with Gasteiger partial charge < -0.3 is 5.32 Å². The largest absolute Gasteiger partial charge is 0.433 e. The minimum absolute atomic E-state index is 0.382. The molecule has 2 aromatic heterocycles. The molecule has 0 amide bonds. The first-order valence-electron chi connectivity index (χ1n) is 5.21. The number of nitrogens with zero attached hydrogens (tertiary/aromatic N) is 3. The molecule has 1 N–H and O–H groups in total. The quantitative estimate of drug-likeness (QED) is 0.916. The summed E-state index contributed by atoms with van der Waals surface area (Å²) in [5.41, 5.74) is 0.617. The first kappa shape index (κ1) is 12.4. The molecule has 0 atom stereocenters. The van der Waals surface area contributed by atoms with Crippen LogP contribution in [0.4, 0.5) is 18.9 Å². The lowest BCUT2D eigenvalue weighted by Crippen LogP contribution is -2.08. The average molecular weight is 256 g/mol. The fourth-order valence-electron chi connectivity index (χ4n) is 1.45. The molecule has 0 aliphatic rings. The summed E-state index contributed by atoms with van der Waals surface area (Å²) in [7, 11) is 1.76. The second-order valence-corrected chi connectivity index (χ2v) is 3.73. The Morgan fingerprint density at radius 3 is 2.56 bits per heavy atom. The van der Waals surface area contributed by atoms with Gasteiger partial charge in [0.25, 0.3) is 0 Å². The van der Waals surface area contributed by atoms with Gasteiger partial charge in [0.2, 0.25) is 0 Å². The Bertz CT molecular complexity index is 516. The zero-order chi connectivity index (χ0) is 13.2. The Kier molecular flexibility index (Phi) is 3.22. The topological polar surface area (TPSA) is 42.7 Å². The van der Waals surface area contributed by atoms with E-state index in [2.05, 4.69) is 15.4 Å². The molecule has 0 aromatic carbocycles. The molecular formula is C11H11F3N4. The average Bonchev–Trinajstić information content (AvgIpc) is 2.76. The van der Waals surface area contributed by atoms with Crippen molar-refractivity contribution in [3.05, 3.63) is 42.0 Å². The summed E-state index contributed by atoms with van der Waals surface area (Å²) >= 11 is 0. The van der Waals surface area contributed by atoms with E-state index in [0.717, 1.165) is 11.8 Å². The van der Waals surface area contributed by atoms with E-state index in [1.165, 1.54) is 12.3 Å². The van der Waals surface area contributed by atoms with Gasteiger partial charge in [-0.15, -0.1) is 0 Å².